The smallest absolute Gasteiger partial charge is 0.272 e. The minimum Gasteiger partial charge on any atom is -0.375 e. The number of carbonyl (C=O) groups excluding carboxylic acids is 1. The second-order valence-corrected chi connectivity index (χ2v) is 6.45. The molecule has 1 saturated carbocycles. The summed E-state index contributed by atoms with van der Waals surface area (Å²) in [4.78, 5) is 16.8. The summed E-state index contributed by atoms with van der Waals surface area (Å²) in [5.41, 5.74) is 7.86. The number of benzene rings is 1. The molecular formula is C14H15N5OS. The quantitative estimate of drug-likeness (QED) is 0.677. The molecule has 1 fully saturated rings. The molecule has 3 aromatic rings. The van der Waals surface area contributed by atoms with Gasteiger partial charge >= 0.3 is 0 Å². The number of aromatic amines is 1. The number of hydrogen-bond donors (Lipinski definition) is 3. The molecule has 6 nitrogen and oxygen atoms in total. The molecule has 0 unspecified atom stereocenters. The average molecular weight is 301 g/mol. The maximum absolute atomic E-state index is 12.5. The number of nitrogens with zero attached hydrogens (tertiary/aromatic N) is 2. The number of aromatic nitrogens is 3. The predicted octanol–water partition coefficient (Wildman–Crippen LogP) is 2.43. The largest absolute Gasteiger partial charge is 0.375 e. The van der Waals surface area contributed by atoms with Crippen LogP contribution in [0.15, 0.2) is 12.1 Å². The first kappa shape index (κ1) is 12.6. The minimum atomic E-state index is -0.118. The number of rotatable bonds is 2. The number of amides is 1. The monoisotopic (exact) mass is 301 g/mol. The third kappa shape index (κ3) is 2.04. The van der Waals surface area contributed by atoms with Crippen LogP contribution in [0.1, 0.15) is 36.2 Å². The van der Waals surface area contributed by atoms with Crippen molar-refractivity contribution in [3.8, 4) is 0 Å². The standard InChI is InChI=1S/C14H15N5OS/c15-14-17-9-6-5-8-10(12(9)21-14)11(19-18-8)13(20)16-7-3-1-2-4-7/h5-7H,1-4H2,(H2,15,17)(H,16,20)(H,18,19). The van der Waals surface area contributed by atoms with Gasteiger partial charge in [-0.15, -0.1) is 0 Å². The molecular weight excluding hydrogens is 286 g/mol. The van der Waals surface area contributed by atoms with E-state index in [1.807, 2.05) is 12.1 Å². The Morgan fingerprint density at radius 2 is 2.19 bits per heavy atom. The van der Waals surface area contributed by atoms with Crippen molar-refractivity contribution < 1.29 is 4.79 Å². The van der Waals surface area contributed by atoms with Crippen LogP contribution < -0.4 is 11.1 Å². The van der Waals surface area contributed by atoms with Crippen molar-refractivity contribution in [2.24, 2.45) is 0 Å². The van der Waals surface area contributed by atoms with E-state index in [4.69, 9.17) is 5.73 Å². The SMILES string of the molecule is Nc1nc2ccc3[nH]nc(C(=O)NC4CCCC4)c3c2s1. The minimum absolute atomic E-state index is 0.118. The second kappa shape index (κ2) is 4.70. The Bertz CT molecular complexity index is 830. The van der Waals surface area contributed by atoms with Gasteiger partial charge in [0.05, 0.1) is 21.1 Å². The van der Waals surface area contributed by atoms with Crippen molar-refractivity contribution in [3.05, 3.63) is 17.8 Å². The molecule has 1 aromatic carbocycles. The summed E-state index contributed by atoms with van der Waals surface area (Å²) in [5.74, 6) is -0.118. The third-order valence-corrected chi connectivity index (χ3v) is 4.92. The lowest BCUT2D eigenvalue weighted by Crippen LogP contribution is -2.32. The lowest BCUT2D eigenvalue weighted by atomic mass is 10.1. The normalized spacial score (nSPS) is 16.0. The first-order valence-electron chi connectivity index (χ1n) is 7.06. The second-order valence-electron chi connectivity index (χ2n) is 5.42. The van der Waals surface area contributed by atoms with E-state index in [1.165, 1.54) is 24.2 Å². The van der Waals surface area contributed by atoms with Crippen LogP contribution in [-0.4, -0.2) is 27.1 Å². The van der Waals surface area contributed by atoms with Gasteiger partial charge in [0.25, 0.3) is 5.91 Å². The fraction of sp³-hybridized carbons (Fsp3) is 0.357. The van der Waals surface area contributed by atoms with E-state index in [9.17, 15) is 4.79 Å². The predicted molar refractivity (Wildman–Crippen MR) is 83.4 cm³/mol. The van der Waals surface area contributed by atoms with Gasteiger partial charge in [-0.05, 0) is 25.0 Å². The number of hydrogen-bond acceptors (Lipinski definition) is 5. The summed E-state index contributed by atoms with van der Waals surface area (Å²) in [6.07, 6.45) is 4.47. The van der Waals surface area contributed by atoms with E-state index >= 15 is 0 Å². The van der Waals surface area contributed by atoms with Crippen molar-refractivity contribution in [1.82, 2.24) is 20.5 Å². The highest BCUT2D eigenvalue weighted by molar-refractivity contribution is 7.23. The van der Waals surface area contributed by atoms with Gasteiger partial charge in [0, 0.05) is 6.04 Å². The van der Waals surface area contributed by atoms with E-state index in [1.54, 1.807) is 0 Å². The van der Waals surface area contributed by atoms with E-state index in [2.05, 4.69) is 20.5 Å². The molecule has 0 radical (unpaired) electrons. The van der Waals surface area contributed by atoms with Gasteiger partial charge < -0.3 is 11.1 Å². The summed E-state index contributed by atoms with van der Waals surface area (Å²) >= 11 is 1.39. The average Bonchev–Trinajstić information content (AvgIpc) is 3.14. The Hall–Kier alpha value is -2.15. The number of nitrogen functional groups attached to an aromatic ring is 1. The van der Waals surface area contributed by atoms with Gasteiger partial charge in [-0.3, -0.25) is 9.89 Å². The zero-order valence-corrected chi connectivity index (χ0v) is 12.2. The molecule has 0 atom stereocenters. The molecule has 1 amide bonds. The highest BCUT2D eigenvalue weighted by atomic mass is 32.1. The zero-order chi connectivity index (χ0) is 14.4. The van der Waals surface area contributed by atoms with E-state index in [0.29, 0.717) is 10.8 Å². The molecule has 1 aliphatic rings. The molecule has 7 heteroatoms. The molecule has 108 valence electrons. The maximum atomic E-state index is 12.5. The van der Waals surface area contributed by atoms with Crippen LogP contribution in [0.25, 0.3) is 21.1 Å². The van der Waals surface area contributed by atoms with Crippen molar-refractivity contribution in [2.45, 2.75) is 31.7 Å². The van der Waals surface area contributed by atoms with Gasteiger partial charge in [0.1, 0.15) is 0 Å². The highest BCUT2D eigenvalue weighted by Crippen LogP contribution is 2.32. The molecule has 4 rings (SSSR count). The first-order valence-corrected chi connectivity index (χ1v) is 7.88. The molecule has 1 aliphatic carbocycles. The molecule has 2 heterocycles. The van der Waals surface area contributed by atoms with Crippen molar-refractivity contribution in [3.63, 3.8) is 0 Å². The number of carbonyl (C=O) groups is 1. The topological polar surface area (TPSA) is 96.7 Å². The summed E-state index contributed by atoms with van der Waals surface area (Å²) in [5, 5.41) is 11.5. The van der Waals surface area contributed by atoms with Crippen LogP contribution >= 0.6 is 11.3 Å². The van der Waals surface area contributed by atoms with Gasteiger partial charge in [0.2, 0.25) is 0 Å². The van der Waals surface area contributed by atoms with Gasteiger partial charge in [-0.2, -0.15) is 5.10 Å². The van der Waals surface area contributed by atoms with Crippen molar-refractivity contribution in [2.75, 3.05) is 5.73 Å². The fourth-order valence-corrected chi connectivity index (χ4v) is 3.88. The van der Waals surface area contributed by atoms with E-state index in [-0.39, 0.29) is 11.9 Å². The number of nitrogens with two attached hydrogens (primary N) is 1. The fourth-order valence-electron chi connectivity index (χ4n) is 3.00. The van der Waals surface area contributed by atoms with Crippen LogP contribution in [0, 0.1) is 0 Å². The summed E-state index contributed by atoms with van der Waals surface area (Å²) in [6, 6.07) is 4.05. The Kier molecular flexibility index (Phi) is 2.81. The number of anilines is 1. The summed E-state index contributed by atoms with van der Waals surface area (Å²) in [6.45, 7) is 0. The van der Waals surface area contributed by atoms with Gasteiger partial charge in [-0.25, -0.2) is 4.98 Å². The lowest BCUT2D eigenvalue weighted by molar-refractivity contribution is 0.0934. The van der Waals surface area contributed by atoms with Crippen LogP contribution in [0.2, 0.25) is 0 Å². The molecule has 0 saturated heterocycles. The molecule has 4 N–H and O–H groups in total. The Morgan fingerprint density at radius 1 is 1.38 bits per heavy atom. The number of H-pyrrole nitrogens is 1. The highest BCUT2D eigenvalue weighted by Gasteiger charge is 2.22. The Morgan fingerprint density at radius 3 is 3.00 bits per heavy atom. The first-order chi connectivity index (χ1) is 10.2. The lowest BCUT2D eigenvalue weighted by Gasteiger charge is -2.10. The Labute approximate surface area is 124 Å². The molecule has 21 heavy (non-hydrogen) atoms. The van der Waals surface area contributed by atoms with Crippen molar-refractivity contribution in [1.29, 1.82) is 0 Å². The molecule has 2 aromatic heterocycles. The van der Waals surface area contributed by atoms with Gasteiger partial charge in [0.15, 0.2) is 10.8 Å². The number of fused-ring (bicyclic) bond motifs is 3. The molecule has 0 aliphatic heterocycles. The number of nitrogens with one attached hydrogen (secondary N) is 2. The maximum Gasteiger partial charge on any atom is 0.272 e. The summed E-state index contributed by atoms with van der Waals surface area (Å²) < 4.78 is 0.912. The van der Waals surface area contributed by atoms with E-state index in [0.717, 1.165) is 34.0 Å². The van der Waals surface area contributed by atoms with Crippen LogP contribution in [-0.2, 0) is 0 Å². The zero-order valence-electron chi connectivity index (χ0n) is 11.3. The van der Waals surface area contributed by atoms with Gasteiger partial charge in [-0.1, -0.05) is 24.2 Å². The molecule has 0 spiro atoms. The van der Waals surface area contributed by atoms with Crippen LogP contribution in [0.3, 0.4) is 0 Å². The Balaban J connectivity index is 1.80. The van der Waals surface area contributed by atoms with Crippen molar-refractivity contribution >= 4 is 43.5 Å². The number of thiazole rings is 1. The molecule has 0 bridgehead atoms. The van der Waals surface area contributed by atoms with Crippen LogP contribution in [0.4, 0.5) is 5.13 Å². The third-order valence-electron chi connectivity index (χ3n) is 4.00. The summed E-state index contributed by atoms with van der Waals surface area (Å²) in [7, 11) is 0. The van der Waals surface area contributed by atoms with E-state index < -0.39 is 0 Å². The van der Waals surface area contributed by atoms with Crippen LogP contribution in [0.5, 0.6) is 0 Å².